The monoisotopic (exact) mass is 289 g/mol. The Balaban J connectivity index is 2.38. The van der Waals surface area contributed by atoms with Crippen molar-refractivity contribution in [3.8, 4) is 11.5 Å². The number of nitrogens with one attached hydrogen (secondary N) is 1. The molecule has 0 saturated carbocycles. The van der Waals surface area contributed by atoms with Crippen molar-refractivity contribution in [3.63, 3.8) is 0 Å². The SMILES string of the molecule is CN(C)c1cccc(Oc2cccc(Cl)c2C(=N)N)c1. The van der Waals surface area contributed by atoms with E-state index in [1.165, 1.54) is 0 Å². The van der Waals surface area contributed by atoms with Crippen molar-refractivity contribution in [1.29, 1.82) is 5.41 Å². The second-order valence-electron chi connectivity index (χ2n) is 4.52. The van der Waals surface area contributed by atoms with E-state index in [0.29, 0.717) is 22.1 Å². The Labute approximate surface area is 123 Å². The Morgan fingerprint density at radius 3 is 2.55 bits per heavy atom. The Kier molecular flexibility index (Phi) is 4.15. The van der Waals surface area contributed by atoms with Crippen molar-refractivity contribution in [2.24, 2.45) is 5.73 Å². The number of nitrogens with two attached hydrogens (primary N) is 1. The first-order valence-electron chi connectivity index (χ1n) is 6.07. The highest BCUT2D eigenvalue weighted by Gasteiger charge is 2.12. The Bertz CT molecular complexity index is 641. The lowest BCUT2D eigenvalue weighted by Gasteiger charge is -2.15. The normalized spacial score (nSPS) is 10.2. The van der Waals surface area contributed by atoms with Crippen LogP contribution in [0.1, 0.15) is 5.56 Å². The van der Waals surface area contributed by atoms with Crippen molar-refractivity contribution < 1.29 is 4.74 Å². The van der Waals surface area contributed by atoms with E-state index in [0.717, 1.165) is 5.69 Å². The van der Waals surface area contributed by atoms with Crippen LogP contribution in [0.15, 0.2) is 42.5 Å². The highest BCUT2D eigenvalue weighted by atomic mass is 35.5. The fraction of sp³-hybridized carbons (Fsp3) is 0.133. The van der Waals surface area contributed by atoms with E-state index in [9.17, 15) is 0 Å². The van der Waals surface area contributed by atoms with Gasteiger partial charge in [-0.25, -0.2) is 0 Å². The maximum Gasteiger partial charge on any atom is 0.139 e. The van der Waals surface area contributed by atoms with E-state index in [1.807, 2.05) is 43.3 Å². The summed E-state index contributed by atoms with van der Waals surface area (Å²) in [6.07, 6.45) is 0. The summed E-state index contributed by atoms with van der Waals surface area (Å²) in [7, 11) is 3.92. The molecule has 0 unspecified atom stereocenters. The van der Waals surface area contributed by atoms with Crippen LogP contribution >= 0.6 is 11.6 Å². The average molecular weight is 290 g/mol. The third-order valence-electron chi connectivity index (χ3n) is 2.81. The maximum atomic E-state index is 7.60. The Morgan fingerprint density at radius 2 is 1.90 bits per heavy atom. The van der Waals surface area contributed by atoms with Crippen LogP contribution in [-0.4, -0.2) is 19.9 Å². The van der Waals surface area contributed by atoms with Gasteiger partial charge < -0.3 is 15.4 Å². The van der Waals surface area contributed by atoms with Gasteiger partial charge in [0, 0.05) is 25.8 Å². The van der Waals surface area contributed by atoms with Crippen LogP contribution in [0.5, 0.6) is 11.5 Å². The van der Waals surface area contributed by atoms with Crippen molar-refractivity contribution >= 4 is 23.1 Å². The third kappa shape index (κ3) is 3.03. The van der Waals surface area contributed by atoms with E-state index in [4.69, 9.17) is 27.5 Å². The van der Waals surface area contributed by atoms with E-state index >= 15 is 0 Å². The highest BCUT2D eigenvalue weighted by molar-refractivity contribution is 6.34. The van der Waals surface area contributed by atoms with Crippen LogP contribution < -0.4 is 15.4 Å². The fourth-order valence-electron chi connectivity index (χ4n) is 1.80. The number of amidine groups is 1. The van der Waals surface area contributed by atoms with Gasteiger partial charge in [-0.05, 0) is 24.3 Å². The molecule has 0 fully saturated rings. The molecule has 0 saturated heterocycles. The van der Waals surface area contributed by atoms with Gasteiger partial charge in [0.05, 0.1) is 10.6 Å². The van der Waals surface area contributed by atoms with E-state index < -0.39 is 0 Å². The molecular weight excluding hydrogens is 274 g/mol. The highest BCUT2D eigenvalue weighted by Crippen LogP contribution is 2.31. The summed E-state index contributed by atoms with van der Waals surface area (Å²) >= 11 is 6.06. The summed E-state index contributed by atoms with van der Waals surface area (Å²) in [4.78, 5) is 1.98. The quantitative estimate of drug-likeness (QED) is 0.669. The van der Waals surface area contributed by atoms with Gasteiger partial charge in [-0.1, -0.05) is 23.7 Å². The van der Waals surface area contributed by atoms with Crippen LogP contribution in [0.4, 0.5) is 5.69 Å². The molecule has 0 aliphatic heterocycles. The summed E-state index contributed by atoms with van der Waals surface area (Å²) in [6, 6.07) is 12.8. The maximum absolute atomic E-state index is 7.60. The first-order chi connectivity index (χ1) is 9.49. The standard InChI is InChI=1S/C15H16ClN3O/c1-19(2)10-5-3-6-11(9-10)20-13-8-4-7-12(16)14(13)15(17)18/h3-9H,1-2H3,(H3,17,18). The molecule has 0 atom stereocenters. The molecule has 0 heterocycles. The average Bonchev–Trinajstić information content (AvgIpc) is 2.38. The zero-order valence-corrected chi connectivity index (χ0v) is 12.1. The van der Waals surface area contributed by atoms with Gasteiger partial charge in [0.2, 0.25) is 0 Å². The van der Waals surface area contributed by atoms with Crippen molar-refractivity contribution in [2.45, 2.75) is 0 Å². The molecule has 104 valence electrons. The Morgan fingerprint density at radius 1 is 1.20 bits per heavy atom. The lowest BCUT2D eigenvalue weighted by molar-refractivity contribution is 0.481. The van der Waals surface area contributed by atoms with E-state index in [2.05, 4.69) is 0 Å². The van der Waals surface area contributed by atoms with Crippen LogP contribution in [0.3, 0.4) is 0 Å². The minimum absolute atomic E-state index is 0.116. The number of rotatable bonds is 4. The van der Waals surface area contributed by atoms with E-state index in [1.54, 1.807) is 18.2 Å². The molecule has 0 aliphatic rings. The van der Waals surface area contributed by atoms with Crippen molar-refractivity contribution in [3.05, 3.63) is 53.1 Å². The molecule has 5 heteroatoms. The zero-order chi connectivity index (χ0) is 14.7. The second kappa shape index (κ2) is 5.84. The first kappa shape index (κ1) is 14.2. The molecule has 2 aromatic rings. The van der Waals surface area contributed by atoms with Gasteiger partial charge >= 0.3 is 0 Å². The first-order valence-corrected chi connectivity index (χ1v) is 6.45. The van der Waals surface area contributed by atoms with Crippen molar-refractivity contribution in [1.82, 2.24) is 0 Å². The number of nitrogen functional groups attached to an aromatic ring is 1. The van der Waals surface area contributed by atoms with Gasteiger partial charge in [-0.15, -0.1) is 0 Å². The summed E-state index contributed by atoms with van der Waals surface area (Å²) in [6.45, 7) is 0. The lowest BCUT2D eigenvalue weighted by Crippen LogP contribution is -2.13. The minimum Gasteiger partial charge on any atom is -0.456 e. The molecule has 0 bridgehead atoms. The third-order valence-corrected chi connectivity index (χ3v) is 3.12. The molecule has 20 heavy (non-hydrogen) atoms. The summed E-state index contributed by atoms with van der Waals surface area (Å²) in [5, 5.41) is 8.00. The minimum atomic E-state index is -0.116. The Hall–Kier alpha value is -2.20. The van der Waals surface area contributed by atoms with Crippen LogP contribution in [-0.2, 0) is 0 Å². The number of benzene rings is 2. The van der Waals surface area contributed by atoms with Gasteiger partial charge in [-0.3, -0.25) is 5.41 Å². The smallest absolute Gasteiger partial charge is 0.139 e. The second-order valence-corrected chi connectivity index (χ2v) is 4.93. The molecule has 0 aliphatic carbocycles. The van der Waals surface area contributed by atoms with Crippen molar-refractivity contribution in [2.75, 3.05) is 19.0 Å². The number of hydrogen-bond donors (Lipinski definition) is 2. The topological polar surface area (TPSA) is 62.3 Å². The van der Waals surface area contributed by atoms with Crippen LogP contribution in [0.2, 0.25) is 5.02 Å². The molecular formula is C15H16ClN3O. The molecule has 2 aromatic carbocycles. The molecule has 0 amide bonds. The zero-order valence-electron chi connectivity index (χ0n) is 11.4. The molecule has 0 aromatic heterocycles. The van der Waals surface area contributed by atoms with Crippen LogP contribution in [0.25, 0.3) is 0 Å². The number of ether oxygens (including phenoxy) is 1. The van der Waals surface area contributed by atoms with Gasteiger partial charge in [0.25, 0.3) is 0 Å². The van der Waals surface area contributed by atoms with Gasteiger partial charge in [0.1, 0.15) is 17.3 Å². The molecule has 0 radical (unpaired) electrons. The predicted octanol–water partition coefficient (Wildman–Crippen LogP) is 3.48. The predicted molar refractivity (Wildman–Crippen MR) is 83.3 cm³/mol. The van der Waals surface area contributed by atoms with Crippen LogP contribution in [0, 0.1) is 5.41 Å². The summed E-state index contributed by atoms with van der Waals surface area (Å²) in [5.41, 5.74) is 6.99. The number of anilines is 1. The summed E-state index contributed by atoms with van der Waals surface area (Å²) in [5.74, 6) is 1.02. The molecule has 3 N–H and O–H groups in total. The number of hydrogen-bond acceptors (Lipinski definition) is 3. The molecule has 0 spiro atoms. The number of nitrogens with zero attached hydrogens (tertiary/aromatic N) is 1. The van der Waals surface area contributed by atoms with Gasteiger partial charge in [0.15, 0.2) is 0 Å². The molecule has 2 rings (SSSR count). The number of halogens is 1. The lowest BCUT2D eigenvalue weighted by atomic mass is 10.2. The van der Waals surface area contributed by atoms with Gasteiger partial charge in [-0.2, -0.15) is 0 Å². The molecule has 4 nitrogen and oxygen atoms in total. The fourth-order valence-corrected chi connectivity index (χ4v) is 2.07. The largest absolute Gasteiger partial charge is 0.456 e. The van der Waals surface area contributed by atoms with E-state index in [-0.39, 0.29) is 5.84 Å². The summed E-state index contributed by atoms with van der Waals surface area (Å²) < 4.78 is 5.81.